The molecule has 2 N–H and O–H groups in total. The molecule has 1 aromatic carbocycles. The molecule has 0 saturated carbocycles. The Kier molecular flexibility index (Phi) is 3.38. The Labute approximate surface area is 110 Å². The molecule has 0 amide bonds. The van der Waals surface area contributed by atoms with Gasteiger partial charge in [-0.1, -0.05) is 30.3 Å². The van der Waals surface area contributed by atoms with Crippen molar-refractivity contribution in [1.29, 1.82) is 0 Å². The molecule has 0 unspecified atom stereocenters. The standard InChI is InChI=1S/C14H14N4O/c1-2-4-12(5-3-1)14-13(16-18-17-14)9-15-8-11-6-7-19-10-11/h1-7,10,15H,8-9H2,(H,16,17,18). The molecule has 5 nitrogen and oxygen atoms in total. The summed E-state index contributed by atoms with van der Waals surface area (Å²) >= 11 is 0. The number of hydrogen-bond acceptors (Lipinski definition) is 4. The topological polar surface area (TPSA) is 66.7 Å². The van der Waals surface area contributed by atoms with Gasteiger partial charge >= 0.3 is 0 Å². The fourth-order valence-corrected chi connectivity index (χ4v) is 1.92. The number of hydrogen-bond donors (Lipinski definition) is 2. The smallest absolute Gasteiger partial charge is 0.117 e. The van der Waals surface area contributed by atoms with E-state index in [0.29, 0.717) is 6.54 Å². The van der Waals surface area contributed by atoms with Gasteiger partial charge in [-0.3, -0.25) is 0 Å². The molecule has 3 rings (SSSR count). The van der Waals surface area contributed by atoms with Crippen molar-refractivity contribution in [1.82, 2.24) is 20.7 Å². The average Bonchev–Trinajstić information content (AvgIpc) is 3.11. The third kappa shape index (κ3) is 2.71. The molecule has 0 aliphatic heterocycles. The van der Waals surface area contributed by atoms with E-state index in [9.17, 15) is 0 Å². The van der Waals surface area contributed by atoms with Crippen LogP contribution in [0.3, 0.4) is 0 Å². The number of furan rings is 1. The monoisotopic (exact) mass is 254 g/mol. The van der Waals surface area contributed by atoms with E-state index in [1.165, 1.54) is 0 Å². The highest BCUT2D eigenvalue weighted by atomic mass is 16.3. The number of aromatic nitrogens is 3. The van der Waals surface area contributed by atoms with E-state index in [4.69, 9.17) is 4.42 Å². The molecule has 0 saturated heterocycles. The van der Waals surface area contributed by atoms with Gasteiger partial charge < -0.3 is 9.73 Å². The number of benzene rings is 1. The molecule has 0 aliphatic carbocycles. The molecule has 0 atom stereocenters. The molecular weight excluding hydrogens is 240 g/mol. The maximum atomic E-state index is 5.02. The molecule has 2 heterocycles. The molecular formula is C14H14N4O. The minimum Gasteiger partial charge on any atom is -0.472 e. The van der Waals surface area contributed by atoms with Crippen molar-refractivity contribution in [3.63, 3.8) is 0 Å². The highest BCUT2D eigenvalue weighted by Gasteiger charge is 2.09. The molecule has 5 heteroatoms. The largest absolute Gasteiger partial charge is 0.472 e. The maximum absolute atomic E-state index is 5.02. The second-order valence-electron chi connectivity index (χ2n) is 4.22. The number of rotatable bonds is 5. The van der Waals surface area contributed by atoms with E-state index < -0.39 is 0 Å². The van der Waals surface area contributed by atoms with Gasteiger partial charge in [-0.25, -0.2) is 0 Å². The molecule has 0 aliphatic rings. The van der Waals surface area contributed by atoms with Crippen LogP contribution in [0.2, 0.25) is 0 Å². The van der Waals surface area contributed by atoms with Crippen LogP contribution in [0.4, 0.5) is 0 Å². The first-order valence-electron chi connectivity index (χ1n) is 6.10. The SMILES string of the molecule is c1ccc(-c2n[nH]nc2CNCc2ccoc2)cc1. The lowest BCUT2D eigenvalue weighted by atomic mass is 10.1. The highest BCUT2D eigenvalue weighted by Crippen LogP contribution is 2.18. The quantitative estimate of drug-likeness (QED) is 0.733. The number of nitrogens with one attached hydrogen (secondary N) is 2. The first-order chi connectivity index (χ1) is 9.43. The zero-order valence-electron chi connectivity index (χ0n) is 10.3. The van der Waals surface area contributed by atoms with Crippen molar-refractivity contribution < 1.29 is 4.42 Å². The summed E-state index contributed by atoms with van der Waals surface area (Å²) in [6, 6.07) is 12.0. The molecule has 0 fully saturated rings. The van der Waals surface area contributed by atoms with Gasteiger partial charge in [-0.2, -0.15) is 15.4 Å². The normalized spacial score (nSPS) is 10.7. The van der Waals surface area contributed by atoms with Crippen LogP contribution in [0.15, 0.2) is 53.3 Å². The minimum absolute atomic E-state index is 0.659. The van der Waals surface area contributed by atoms with Gasteiger partial charge in [0.2, 0.25) is 0 Å². The summed E-state index contributed by atoms with van der Waals surface area (Å²) in [5.41, 5.74) is 3.98. The van der Waals surface area contributed by atoms with Gasteiger partial charge in [0.05, 0.1) is 12.5 Å². The summed E-state index contributed by atoms with van der Waals surface area (Å²) in [5.74, 6) is 0. The molecule has 96 valence electrons. The summed E-state index contributed by atoms with van der Waals surface area (Å²) < 4.78 is 5.02. The van der Waals surface area contributed by atoms with E-state index >= 15 is 0 Å². The van der Waals surface area contributed by atoms with Crippen LogP contribution in [-0.2, 0) is 13.1 Å². The summed E-state index contributed by atoms with van der Waals surface area (Å²) in [7, 11) is 0. The zero-order valence-corrected chi connectivity index (χ0v) is 10.3. The molecule has 0 radical (unpaired) electrons. The second kappa shape index (κ2) is 5.49. The van der Waals surface area contributed by atoms with E-state index in [1.807, 2.05) is 36.4 Å². The average molecular weight is 254 g/mol. The Bertz CT molecular complexity index is 616. The van der Waals surface area contributed by atoms with E-state index in [2.05, 4.69) is 20.7 Å². The first kappa shape index (κ1) is 11.7. The van der Waals surface area contributed by atoms with Crippen LogP contribution in [0.25, 0.3) is 11.3 Å². The van der Waals surface area contributed by atoms with Crippen molar-refractivity contribution in [2.75, 3.05) is 0 Å². The Morgan fingerprint density at radius 3 is 2.74 bits per heavy atom. The van der Waals surface area contributed by atoms with Crippen LogP contribution < -0.4 is 5.32 Å². The molecule has 0 spiro atoms. The fraction of sp³-hybridized carbons (Fsp3) is 0.143. The van der Waals surface area contributed by atoms with Crippen molar-refractivity contribution in [3.05, 3.63) is 60.2 Å². The van der Waals surface area contributed by atoms with Gasteiger partial charge in [0, 0.05) is 24.2 Å². The lowest BCUT2D eigenvalue weighted by Crippen LogP contribution is -2.13. The molecule has 3 aromatic rings. The van der Waals surface area contributed by atoms with Crippen molar-refractivity contribution in [2.45, 2.75) is 13.1 Å². The molecule has 2 aromatic heterocycles. The van der Waals surface area contributed by atoms with Crippen LogP contribution in [0, 0.1) is 0 Å². The van der Waals surface area contributed by atoms with Gasteiger partial charge in [0.15, 0.2) is 0 Å². The van der Waals surface area contributed by atoms with Crippen molar-refractivity contribution in [3.8, 4) is 11.3 Å². The Morgan fingerprint density at radius 1 is 1.05 bits per heavy atom. The van der Waals surface area contributed by atoms with Gasteiger partial charge in [0.25, 0.3) is 0 Å². The highest BCUT2D eigenvalue weighted by molar-refractivity contribution is 5.60. The van der Waals surface area contributed by atoms with Crippen LogP contribution in [0.5, 0.6) is 0 Å². The van der Waals surface area contributed by atoms with Crippen LogP contribution in [-0.4, -0.2) is 15.4 Å². The van der Waals surface area contributed by atoms with Gasteiger partial charge in [-0.05, 0) is 6.07 Å². The Morgan fingerprint density at radius 2 is 1.95 bits per heavy atom. The lowest BCUT2D eigenvalue weighted by molar-refractivity contribution is 0.560. The molecule has 0 bridgehead atoms. The van der Waals surface area contributed by atoms with E-state index in [1.54, 1.807) is 12.5 Å². The minimum atomic E-state index is 0.659. The zero-order chi connectivity index (χ0) is 12.9. The second-order valence-corrected chi connectivity index (χ2v) is 4.22. The van der Waals surface area contributed by atoms with E-state index in [-0.39, 0.29) is 0 Å². The van der Waals surface area contributed by atoms with Gasteiger partial charge in [0.1, 0.15) is 11.4 Å². The Balaban J connectivity index is 1.67. The maximum Gasteiger partial charge on any atom is 0.117 e. The van der Waals surface area contributed by atoms with Crippen LogP contribution >= 0.6 is 0 Å². The van der Waals surface area contributed by atoms with Crippen molar-refractivity contribution in [2.24, 2.45) is 0 Å². The predicted octanol–water partition coefficient (Wildman–Crippen LogP) is 2.35. The number of H-pyrrole nitrogens is 1. The molecule has 19 heavy (non-hydrogen) atoms. The van der Waals surface area contributed by atoms with Gasteiger partial charge in [-0.15, -0.1) is 0 Å². The summed E-state index contributed by atoms with van der Waals surface area (Å²) in [4.78, 5) is 0. The number of nitrogens with zero attached hydrogens (tertiary/aromatic N) is 2. The fourth-order valence-electron chi connectivity index (χ4n) is 1.92. The first-order valence-corrected chi connectivity index (χ1v) is 6.10. The summed E-state index contributed by atoms with van der Waals surface area (Å²) in [5, 5.41) is 14.4. The third-order valence-electron chi connectivity index (χ3n) is 2.87. The van der Waals surface area contributed by atoms with E-state index in [0.717, 1.165) is 29.1 Å². The van der Waals surface area contributed by atoms with Crippen LogP contribution in [0.1, 0.15) is 11.3 Å². The van der Waals surface area contributed by atoms with Crippen molar-refractivity contribution >= 4 is 0 Å². The lowest BCUT2D eigenvalue weighted by Gasteiger charge is -2.02. The number of aromatic amines is 1. The third-order valence-corrected chi connectivity index (χ3v) is 2.87. The predicted molar refractivity (Wildman–Crippen MR) is 71.1 cm³/mol. The summed E-state index contributed by atoms with van der Waals surface area (Å²) in [6.07, 6.45) is 3.40. The summed E-state index contributed by atoms with van der Waals surface area (Å²) in [6.45, 7) is 1.41. The Hall–Kier alpha value is -2.40.